The second kappa shape index (κ2) is 4.14. The van der Waals surface area contributed by atoms with Crippen molar-refractivity contribution < 1.29 is 23.1 Å². The van der Waals surface area contributed by atoms with Gasteiger partial charge in [-0.2, -0.15) is 13.2 Å². The minimum atomic E-state index is -4.86. The summed E-state index contributed by atoms with van der Waals surface area (Å²) >= 11 is 0. The van der Waals surface area contributed by atoms with Crippen LogP contribution in [0.3, 0.4) is 0 Å². The molecule has 0 aromatic heterocycles. The molecule has 14 heavy (non-hydrogen) atoms. The van der Waals surface area contributed by atoms with Gasteiger partial charge in [0, 0.05) is 31.7 Å². The number of amides is 1. The van der Waals surface area contributed by atoms with E-state index in [4.69, 9.17) is 5.11 Å². The van der Waals surface area contributed by atoms with Crippen molar-refractivity contribution in [3.8, 4) is 0 Å². The second-order valence-corrected chi connectivity index (χ2v) is 3.18. The highest BCUT2D eigenvalue weighted by Gasteiger charge is 2.41. The molecule has 82 valence electrons. The minimum absolute atomic E-state index is 0.240. The fourth-order valence-corrected chi connectivity index (χ4v) is 1.34. The van der Waals surface area contributed by atoms with Crippen LogP contribution in [-0.4, -0.2) is 42.9 Å². The molecule has 4 nitrogen and oxygen atoms in total. The van der Waals surface area contributed by atoms with Gasteiger partial charge >= 0.3 is 12.1 Å². The van der Waals surface area contributed by atoms with E-state index < -0.39 is 18.1 Å². The lowest BCUT2D eigenvalue weighted by molar-refractivity contribution is -0.174. The molecule has 3 N–H and O–H groups in total. The monoisotopic (exact) mass is 212 g/mol. The molecule has 7 heteroatoms. The van der Waals surface area contributed by atoms with Crippen LogP contribution in [0.15, 0.2) is 0 Å². The maximum atomic E-state index is 11.8. The SMILES string of the molecule is O=C(NC1CNC[C@@H]1CO)C(F)(F)F. The Hall–Kier alpha value is -0.820. The molecular formula is C7H11F3N2O2. The molecule has 0 saturated carbocycles. The Kier molecular flexibility index (Phi) is 3.33. The van der Waals surface area contributed by atoms with E-state index in [9.17, 15) is 18.0 Å². The fourth-order valence-electron chi connectivity index (χ4n) is 1.34. The smallest absolute Gasteiger partial charge is 0.396 e. The Labute approximate surface area is 78.5 Å². The van der Waals surface area contributed by atoms with Crippen LogP contribution in [0.5, 0.6) is 0 Å². The molecule has 1 unspecified atom stereocenters. The predicted octanol–water partition coefficient (Wildman–Crippen LogP) is -0.755. The number of aliphatic hydroxyl groups excluding tert-OH is 1. The zero-order chi connectivity index (χ0) is 10.8. The van der Waals surface area contributed by atoms with Crippen molar-refractivity contribution in [3.05, 3.63) is 0 Å². The van der Waals surface area contributed by atoms with Crippen LogP contribution < -0.4 is 10.6 Å². The molecule has 1 rings (SSSR count). The standard InChI is InChI=1S/C7H11F3N2O2/c8-7(9,10)6(14)12-5-2-11-1-4(5)3-13/h4-5,11,13H,1-3H2,(H,12,14)/t4-,5?/m1/s1. The van der Waals surface area contributed by atoms with E-state index in [1.165, 1.54) is 0 Å². The average Bonchev–Trinajstić information content (AvgIpc) is 2.50. The van der Waals surface area contributed by atoms with Crippen LogP contribution >= 0.6 is 0 Å². The van der Waals surface area contributed by atoms with Crippen molar-refractivity contribution in [3.63, 3.8) is 0 Å². The first-order valence-electron chi connectivity index (χ1n) is 4.14. The van der Waals surface area contributed by atoms with Gasteiger partial charge in [-0.3, -0.25) is 4.79 Å². The summed E-state index contributed by atoms with van der Waals surface area (Å²) in [7, 11) is 0. The number of carbonyl (C=O) groups excluding carboxylic acids is 1. The first kappa shape index (κ1) is 11.3. The summed E-state index contributed by atoms with van der Waals surface area (Å²) in [6, 6.07) is -0.644. The number of nitrogens with one attached hydrogen (secondary N) is 2. The summed E-state index contributed by atoms with van der Waals surface area (Å²) in [4.78, 5) is 10.5. The lowest BCUT2D eigenvalue weighted by Crippen LogP contribution is -2.47. The van der Waals surface area contributed by atoms with Crippen LogP contribution in [-0.2, 0) is 4.79 Å². The first-order valence-corrected chi connectivity index (χ1v) is 4.14. The van der Waals surface area contributed by atoms with Gasteiger partial charge in [0.2, 0.25) is 0 Å². The van der Waals surface area contributed by atoms with Gasteiger partial charge in [-0.05, 0) is 0 Å². The van der Waals surface area contributed by atoms with Crippen LogP contribution in [0.1, 0.15) is 0 Å². The Morgan fingerprint density at radius 1 is 1.50 bits per heavy atom. The Balaban J connectivity index is 2.48. The number of halogens is 3. The van der Waals surface area contributed by atoms with E-state index in [-0.39, 0.29) is 19.1 Å². The third-order valence-electron chi connectivity index (χ3n) is 2.15. The lowest BCUT2D eigenvalue weighted by Gasteiger charge is -2.18. The van der Waals surface area contributed by atoms with E-state index in [1.54, 1.807) is 0 Å². The third-order valence-corrected chi connectivity index (χ3v) is 2.15. The maximum absolute atomic E-state index is 11.8. The highest BCUT2D eigenvalue weighted by atomic mass is 19.4. The van der Waals surface area contributed by atoms with Crippen molar-refractivity contribution in [2.75, 3.05) is 19.7 Å². The average molecular weight is 212 g/mol. The van der Waals surface area contributed by atoms with Gasteiger partial charge in [-0.15, -0.1) is 0 Å². The zero-order valence-electron chi connectivity index (χ0n) is 7.27. The number of rotatable bonds is 2. The van der Waals surface area contributed by atoms with Crippen LogP contribution in [0, 0.1) is 5.92 Å². The molecule has 1 amide bonds. The van der Waals surface area contributed by atoms with Gasteiger partial charge in [0.15, 0.2) is 0 Å². The number of carbonyl (C=O) groups is 1. The lowest BCUT2D eigenvalue weighted by atomic mass is 10.1. The van der Waals surface area contributed by atoms with E-state index in [1.807, 2.05) is 5.32 Å². The van der Waals surface area contributed by atoms with Gasteiger partial charge in [0.05, 0.1) is 0 Å². The topological polar surface area (TPSA) is 61.4 Å². The first-order chi connectivity index (χ1) is 6.45. The van der Waals surface area contributed by atoms with Crippen LogP contribution in [0.25, 0.3) is 0 Å². The molecule has 1 aliphatic rings. The van der Waals surface area contributed by atoms with E-state index >= 15 is 0 Å². The second-order valence-electron chi connectivity index (χ2n) is 3.18. The van der Waals surface area contributed by atoms with Crippen molar-refractivity contribution in [1.82, 2.24) is 10.6 Å². The van der Waals surface area contributed by atoms with E-state index in [2.05, 4.69) is 5.32 Å². The van der Waals surface area contributed by atoms with E-state index in [0.717, 1.165) is 0 Å². The van der Waals surface area contributed by atoms with Crippen LogP contribution in [0.2, 0.25) is 0 Å². The molecule has 2 atom stereocenters. The summed E-state index contributed by atoms with van der Waals surface area (Å²) in [5.41, 5.74) is 0. The molecule has 1 heterocycles. The molecule has 0 aromatic carbocycles. The molecule has 0 radical (unpaired) electrons. The highest BCUT2D eigenvalue weighted by molar-refractivity contribution is 5.82. The van der Waals surface area contributed by atoms with Gasteiger partial charge in [-0.25, -0.2) is 0 Å². The summed E-state index contributed by atoms with van der Waals surface area (Å²) in [6.45, 7) is 0.433. The molecule has 0 aromatic rings. The highest BCUT2D eigenvalue weighted by Crippen LogP contribution is 2.16. The molecule has 1 fully saturated rings. The number of hydrogen-bond donors (Lipinski definition) is 3. The Morgan fingerprint density at radius 2 is 2.14 bits per heavy atom. The van der Waals surface area contributed by atoms with E-state index in [0.29, 0.717) is 6.54 Å². The normalized spacial score (nSPS) is 27.7. The molecule has 1 saturated heterocycles. The predicted molar refractivity (Wildman–Crippen MR) is 41.4 cm³/mol. The van der Waals surface area contributed by atoms with Crippen LogP contribution in [0.4, 0.5) is 13.2 Å². The summed E-state index contributed by atoms with van der Waals surface area (Å²) in [5.74, 6) is -2.30. The minimum Gasteiger partial charge on any atom is -0.396 e. The van der Waals surface area contributed by atoms with Crippen molar-refractivity contribution in [2.24, 2.45) is 5.92 Å². The number of alkyl halides is 3. The van der Waals surface area contributed by atoms with Gasteiger partial charge < -0.3 is 15.7 Å². The molecule has 0 spiro atoms. The summed E-state index contributed by atoms with van der Waals surface area (Å²) in [6.07, 6.45) is -4.86. The quantitative estimate of drug-likeness (QED) is 0.564. The number of hydrogen-bond acceptors (Lipinski definition) is 3. The molecule has 0 aliphatic carbocycles. The zero-order valence-corrected chi connectivity index (χ0v) is 7.27. The van der Waals surface area contributed by atoms with Gasteiger partial charge in [0.25, 0.3) is 0 Å². The fraction of sp³-hybridized carbons (Fsp3) is 0.857. The Morgan fingerprint density at radius 3 is 2.64 bits per heavy atom. The van der Waals surface area contributed by atoms with Crippen molar-refractivity contribution in [1.29, 1.82) is 0 Å². The van der Waals surface area contributed by atoms with Crippen molar-refractivity contribution >= 4 is 5.91 Å². The number of aliphatic hydroxyl groups is 1. The molecule has 1 aliphatic heterocycles. The van der Waals surface area contributed by atoms with Gasteiger partial charge in [0.1, 0.15) is 0 Å². The summed E-state index contributed by atoms with van der Waals surface area (Å²) in [5, 5.41) is 13.4. The molecule has 0 bridgehead atoms. The maximum Gasteiger partial charge on any atom is 0.471 e. The summed E-state index contributed by atoms with van der Waals surface area (Å²) < 4.78 is 35.5. The van der Waals surface area contributed by atoms with Crippen molar-refractivity contribution in [2.45, 2.75) is 12.2 Å². The Bertz CT molecular complexity index is 219. The largest absolute Gasteiger partial charge is 0.471 e. The van der Waals surface area contributed by atoms with Gasteiger partial charge in [-0.1, -0.05) is 0 Å². The third kappa shape index (κ3) is 2.58. The molecular weight excluding hydrogens is 201 g/mol.